The van der Waals surface area contributed by atoms with Crippen LogP contribution in [0.5, 0.6) is 17.2 Å². The summed E-state index contributed by atoms with van der Waals surface area (Å²) in [4.78, 5) is 0. The second-order valence-electron chi connectivity index (χ2n) is 8.41. The van der Waals surface area contributed by atoms with Crippen LogP contribution < -0.4 is 0 Å². The Labute approximate surface area is 179 Å². The summed E-state index contributed by atoms with van der Waals surface area (Å²) in [5.41, 5.74) is 8.63. The molecule has 0 aliphatic carbocycles. The van der Waals surface area contributed by atoms with Gasteiger partial charge in [-0.15, -0.1) is 0 Å². The van der Waals surface area contributed by atoms with Gasteiger partial charge in [0.15, 0.2) is 0 Å². The average Bonchev–Trinajstić information content (AvgIpc) is 2.72. The van der Waals surface area contributed by atoms with Gasteiger partial charge in [-0.05, 0) is 116 Å². The Hall–Kier alpha value is -2.94. The summed E-state index contributed by atoms with van der Waals surface area (Å²) in [6, 6.07) is 11.4. The molecular formula is C27H32O3. The number of rotatable bonds is 4. The Kier molecular flexibility index (Phi) is 5.60. The van der Waals surface area contributed by atoms with Crippen molar-refractivity contribution in [2.24, 2.45) is 0 Å². The molecule has 158 valence electrons. The van der Waals surface area contributed by atoms with Gasteiger partial charge in [0.2, 0.25) is 0 Å². The molecule has 0 radical (unpaired) electrons. The number of hydrogen-bond acceptors (Lipinski definition) is 3. The minimum absolute atomic E-state index is 0.290. The molecule has 0 aliphatic heterocycles. The monoisotopic (exact) mass is 404 g/mol. The molecule has 0 atom stereocenters. The first-order valence-corrected chi connectivity index (χ1v) is 10.5. The smallest absolute Gasteiger partial charge is 0.118 e. The van der Waals surface area contributed by atoms with E-state index in [0.29, 0.717) is 17.2 Å². The van der Waals surface area contributed by atoms with E-state index in [1.165, 1.54) is 0 Å². The van der Waals surface area contributed by atoms with Crippen LogP contribution in [0.4, 0.5) is 0 Å². The summed E-state index contributed by atoms with van der Waals surface area (Å²) in [6.45, 7) is 14.2. The molecule has 0 fully saturated rings. The molecule has 0 heterocycles. The van der Waals surface area contributed by atoms with Gasteiger partial charge in [-0.25, -0.2) is 0 Å². The summed E-state index contributed by atoms with van der Waals surface area (Å²) in [6.07, 6.45) is 0.786. The van der Waals surface area contributed by atoms with E-state index in [0.717, 1.165) is 56.5 Å². The molecule has 0 amide bonds. The SMILES string of the molecule is CCC(c1ccc(O)c(C)c1C)(c1ccc(O)c(C)c1C)c1ccc(O)c(C)c1C. The highest BCUT2D eigenvalue weighted by Gasteiger charge is 2.39. The van der Waals surface area contributed by atoms with Gasteiger partial charge in [0, 0.05) is 5.41 Å². The summed E-state index contributed by atoms with van der Waals surface area (Å²) in [5.74, 6) is 0.871. The molecule has 3 aromatic rings. The normalized spacial score (nSPS) is 11.7. The molecule has 0 unspecified atom stereocenters. The van der Waals surface area contributed by atoms with Crippen LogP contribution in [0.25, 0.3) is 0 Å². The van der Waals surface area contributed by atoms with E-state index in [9.17, 15) is 15.3 Å². The number of phenolic OH excluding ortho intramolecular Hbond substituents is 3. The van der Waals surface area contributed by atoms with Crippen LogP contribution in [0.2, 0.25) is 0 Å². The van der Waals surface area contributed by atoms with E-state index >= 15 is 0 Å². The first-order valence-electron chi connectivity index (χ1n) is 10.5. The molecular weight excluding hydrogens is 372 g/mol. The average molecular weight is 405 g/mol. The molecule has 0 saturated heterocycles. The maximum atomic E-state index is 10.3. The fourth-order valence-electron chi connectivity index (χ4n) is 4.81. The molecule has 0 bridgehead atoms. The van der Waals surface area contributed by atoms with E-state index in [4.69, 9.17) is 0 Å². The molecule has 0 saturated carbocycles. The summed E-state index contributed by atoms with van der Waals surface area (Å²) >= 11 is 0. The molecule has 0 spiro atoms. The predicted octanol–water partition coefficient (Wildman–Crippen LogP) is 6.40. The lowest BCUT2D eigenvalue weighted by Gasteiger charge is -2.39. The van der Waals surface area contributed by atoms with Crippen molar-refractivity contribution in [2.45, 2.75) is 60.3 Å². The zero-order chi connectivity index (χ0) is 22.4. The minimum Gasteiger partial charge on any atom is -0.508 e. The molecule has 3 aromatic carbocycles. The fraction of sp³-hybridized carbons (Fsp3) is 0.333. The number of aromatic hydroxyl groups is 3. The van der Waals surface area contributed by atoms with Crippen LogP contribution in [0.1, 0.15) is 63.4 Å². The summed E-state index contributed by atoms with van der Waals surface area (Å²) in [5, 5.41) is 30.9. The van der Waals surface area contributed by atoms with Gasteiger partial charge in [0.25, 0.3) is 0 Å². The standard InChI is InChI=1S/C27H32O3/c1-8-27(21-9-12-24(28)18(5)15(21)2,22-10-13-25(29)19(6)16(22)3)23-11-14-26(30)20(7)17(23)4/h9-14,28-30H,8H2,1-7H3. The van der Waals surface area contributed by atoms with Crippen molar-refractivity contribution >= 4 is 0 Å². The van der Waals surface area contributed by atoms with Gasteiger partial charge in [-0.3, -0.25) is 0 Å². The number of benzene rings is 3. The quantitative estimate of drug-likeness (QED) is 0.441. The Morgan fingerprint density at radius 2 is 0.767 bits per heavy atom. The zero-order valence-corrected chi connectivity index (χ0v) is 19.0. The van der Waals surface area contributed by atoms with Crippen molar-refractivity contribution in [3.63, 3.8) is 0 Å². The van der Waals surface area contributed by atoms with Crippen molar-refractivity contribution in [3.8, 4) is 17.2 Å². The third-order valence-electron chi connectivity index (χ3n) is 7.19. The lowest BCUT2D eigenvalue weighted by atomic mass is 9.63. The van der Waals surface area contributed by atoms with Crippen molar-refractivity contribution in [1.29, 1.82) is 0 Å². The topological polar surface area (TPSA) is 60.7 Å². The lowest BCUT2D eigenvalue weighted by molar-refractivity contribution is 0.466. The largest absolute Gasteiger partial charge is 0.508 e. The Morgan fingerprint density at radius 1 is 0.500 bits per heavy atom. The molecule has 30 heavy (non-hydrogen) atoms. The van der Waals surface area contributed by atoms with Crippen LogP contribution in [0.3, 0.4) is 0 Å². The summed E-state index contributed by atoms with van der Waals surface area (Å²) < 4.78 is 0. The van der Waals surface area contributed by atoms with Crippen LogP contribution in [-0.2, 0) is 5.41 Å². The molecule has 3 N–H and O–H groups in total. The van der Waals surface area contributed by atoms with Gasteiger partial charge in [0.05, 0.1) is 0 Å². The van der Waals surface area contributed by atoms with Gasteiger partial charge in [0.1, 0.15) is 17.2 Å². The highest BCUT2D eigenvalue weighted by molar-refractivity contribution is 5.62. The molecule has 0 aromatic heterocycles. The summed E-state index contributed by atoms with van der Waals surface area (Å²) in [7, 11) is 0. The van der Waals surface area contributed by atoms with Gasteiger partial charge in [-0.2, -0.15) is 0 Å². The van der Waals surface area contributed by atoms with Crippen LogP contribution >= 0.6 is 0 Å². The fourth-order valence-corrected chi connectivity index (χ4v) is 4.81. The maximum Gasteiger partial charge on any atom is 0.118 e. The van der Waals surface area contributed by atoms with Crippen molar-refractivity contribution < 1.29 is 15.3 Å². The zero-order valence-electron chi connectivity index (χ0n) is 19.0. The van der Waals surface area contributed by atoms with Crippen molar-refractivity contribution in [3.05, 3.63) is 86.5 Å². The van der Waals surface area contributed by atoms with Crippen molar-refractivity contribution in [1.82, 2.24) is 0 Å². The first-order chi connectivity index (χ1) is 14.1. The van der Waals surface area contributed by atoms with Crippen LogP contribution in [-0.4, -0.2) is 15.3 Å². The lowest BCUT2D eigenvalue weighted by Crippen LogP contribution is -2.32. The van der Waals surface area contributed by atoms with Crippen LogP contribution in [0.15, 0.2) is 36.4 Å². The molecule has 3 rings (SSSR count). The van der Waals surface area contributed by atoms with E-state index in [2.05, 4.69) is 27.7 Å². The molecule has 3 heteroatoms. The number of hydrogen-bond donors (Lipinski definition) is 3. The van der Waals surface area contributed by atoms with E-state index < -0.39 is 5.41 Å². The second kappa shape index (κ2) is 7.71. The van der Waals surface area contributed by atoms with Gasteiger partial charge >= 0.3 is 0 Å². The third kappa shape index (κ3) is 3.04. The first kappa shape index (κ1) is 21.8. The Bertz CT molecular complexity index is 986. The van der Waals surface area contributed by atoms with E-state index in [1.807, 2.05) is 39.0 Å². The van der Waals surface area contributed by atoms with E-state index in [-0.39, 0.29) is 0 Å². The highest BCUT2D eigenvalue weighted by Crippen LogP contribution is 2.49. The predicted molar refractivity (Wildman–Crippen MR) is 123 cm³/mol. The van der Waals surface area contributed by atoms with E-state index in [1.54, 1.807) is 18.2 Å². The van der Waals surface area contributed by atoms with Crippen molar-refractivity contribution in [2.75, 3.05) is 0 Å². The Morgan fingerprint density at radius 3 is 1.00 bits per heavy atom. The van der Waals surface area contributed by atoms with Gasteiger partial charge in [-0.1, -0.05) is 25.1 Å². The number of phenols is 3. The second-order valence-corrected chi connectivity index (χ2v) is 8.41. The maximum absolute atomic E-state index is 10.3. The molecule has 3 nitrogen and oxygen atoms in total. The third-order valence-corrected chi connectivity index (χ3v) is 7.19. The Balaban J connectivity index is 2.55. The molecule has 0 aliphatic rings. The van der Waals surface area contributed by atoms with Gasteiger partial charge < -0.3 is 15.3 Å². The highest BCUT2D eigenvalue weighted by atomic mass is 16.3. The van der Waals surface area contributed by atoms with Crippen LogP contribution in [0, 0.1) is 41.5 Å². The minimum atomic E-state index is -0.492.